The van der Waals surface area contributed by atoms with E-state index in [9.17, 15) is 13.6 Å². The summed E-state index contributed by atoms with van der Waals surface area (Å²) in [6.07, 6.45) is 1.67. The summed E-state index contributed by atoms with van der Waals surface area (Å²) in [5.41, 5.74) is 0.788. The van der Waals surface area contributed by atoms with Gasteiger partial charge >= 0.3 is 6.61 Å². The molecule has 2 rings (SSSR count). The van der Waals surface area contributed by atoms with Gasteiger partial charge in [0.1, 0.15) is 5.69 Å². The predicted molar refractivity (Wildman–Crippen MR) is 88.3 cm³/mol. The number of carbonyl (C=O) groups is 1. The summed E-state index contributed by atoms with van der Waals surface area (Å²) >= 11 is 6.05. The second-order valence-corrected chi connectivity index (χ2v) is 5.34. The molecule has 6 nitrogen and oxygen atoms in total. The smallest absolute Gasteiger partial charge is 0.387 e. The fourth-order valence-corrected chi connectivity index (χ4v) is 2.31. The second-order valence-electron chi connectivity index (χ2n) is 4.94. The zero-order valence-electron chi connectivity index (χ0n) is 13.8. The van der Waals surface area contributed by atoms with E-state index < -0.39 is 12.5 Å². The highest BCUT2D eigenvalue weighted by Gasteiger charge is 2.15. The molecule has 1 aromatic carbocycles. The van der Waals surface area contributed by atoms with Gasteiger partial charge in [-0.2, -0.15) is 13.9 Å². The summed E-state index contributed by atoms with van der Waals surface area (Å²) in [7, 11) is 0. The van der Waals surface area contributed by atoms with E-state index in [0.717, 1.165) is 0 Å². The third kappa shape index (κ3) is 5.06. The number of hydrogen-bond acceptors (Lipinski definition) is 4. The maximum atomic E-state index is 12.4. The normalized spacial score (nSPS) is 10.8. The van der Waals surface area contributed by atoms with Crippen molar-refractivity contribution in [1.29, 1.82) is 0 Å². The van der Waals surface area contributed by atoms with Crippen LogP contribution in [0, 0.1) is 0 Å². The average Bonchev–Trinajstić information content (AvgIpc) is 2.94. The number of amides is 1. The number of aryl methyl sites for hydroxylation is 1. The Morgan fingerprint density at radius 1 is 1.36 bits per heavy atom. The summed E-state index contributed by atoms with van der Waals surface area (Å²) in [5.74, 6) is -0.464. The number of benzene rings is 1. The van der Waals surface area contributed by atoms with Gasteiger partial charge in [-0.15, -0.1) is 0 Å². The summed E-state index contributed by atoms with van der Waals surface area (Å²) < 4.78 is 36.1. The quantitative estimate of drug-likeness (QED) is 0.769. The molecule has 1 heterocycles. The van der Waals surface area contributed by atoms with E-state index in [-0.39, 0.29) is 30.2 Å². The lowest BCUT2D eigenvalue weighted by Crippen LogP contribution is -2.23. The highest BCUT2D eigenvalue weighted by Crippen LogP contribution is 2.30. The molecule has 2 aromatic rings. The first-order valence-corrected chi connectivity index (χ1v) is 8.04. The Balaban J connectivity index is 2.10. The van der Waals surface area contributed by atoms with Crippen LogP contribution in [0.15, 0.2) is 24.4 Å². The molecule has 9 heteroatoms. The number of nitrogens with zero attached hydrogens (tertiary/aromatic N) is 2. The zero-order chi connectivity index (χ0) is 18.4. The number of hydrogen-bond donors (Lipinski definition) is 1. The molecule has 0 aliphatic carbocycles. The largest absolute Gasteiger partial charge is 0.490 e. The molecular weight excluding hydrogens is 356 g/mol. The Hall–Kier alpha value is -2.35. The summed E-state index contributed by atoms with van der Waals surface area (Å²) in [6.45, 7) is 1.69. The molecule has 0 radical (unpaired) electrons. The minimum Gasteiger partial charge on any atom is -0.490 e. The van der Waals surface area contributed by atoms with Gasteiger partial charge in [-0.05, 0) is 32.0 Å². The van der Waals surface area contributed by atoms with Crippen molar-refractivity contribution < 1.29 is 23.0 Å². The number of aromatic nitrogens is 2. The van der Waals surface area contributed by atoms with E-state index in [4.69, 9.17) is 16.3 Å². The van der Waals surface area contributed by atoms with Crippen molar-refractivity contribution >= 4 is 17.5 Å². The van der Waals surface area contributed by atoms with Crippen molar-refractivity contribution in [3.8, 4) is 11.5 Å². The van der Waals surface area contributed by atoms with Crippen LogP contribution in [-0.4, -0.2) is 28.9 Å². The molecule has 25 heavy (non-hydrogen) atoms. The lowest BCUT2D eigenvalue weighted by Gasteiger charge is -2.12. The molecule has 0 saturated carbocycles. The van der Waals surface area contributed by atoms with Crippen LogP contribution in [0.25, 0.3) is 0 Å². The summed E-state index contributed by atoms with van der Waals surface area (Å²) in [5, 5.41) is 7.37. The molecule has 0 unspecified atom stereocenters. The van der Waals surface area contributed by atoms with Crippen molar-refractivity contribution in [2.45, 2.75) is 33.5 Å². The average molecular weight is 374 g/mol. The van der Waals surface area contributed by atoms with Crippen LogP contribution in [0.1, 0.15) is 29.9 Å². The van der Waals surface area contributed by atoms with Gasteiger partial charge < -0.3 is 14.8 Å². The minimum absolute atomic E-state index is 0.0729. The molecule has 0 fully saturated rings. The number of halogens is 3. The third-order valence-electron chi connectivity index (χ3n) is 3.25. The van der Waals surface area contributed by atoms with Gasteiger partial charge in [-0.25, -0.2) is 0 Å². The minimum atomic E-state index is -2.98. The van der Waals surface area contributed by atoms with Crippen LogP contribution >= 0.6 is 11.6 Å². The Morgan fingerprint density at radius 2 is 2.12 bits per heavy atom. The monoisotopic (exact) mass is 373 g/mol. The van der Waals surface area contributed by atoms with E-state index in [0.29, 0.717) is 17.3 Å². The Kier molecular flexibility index (Phi) is 6.58. The van der Waals surface area contributed by atoms with Crippen molar-refractivity contribution in [2.75, 3.05) is 6.61 Å². The fourth-order valence-electron chi connectivity index (χ4n) is 2.10. The molecule has 0 aliphatic rings. The number of carbonyl (C=O) groups excluding carboxylic acids is 1. The first-order chi connectivity index (χ1) is 11.9. The van der Waals surface area contributed by atoms with Crippen molar-refractivity contribution in [3.05, 3.63) is 40.7 Å². The topological polar surface area (TPSA) is 65.4 Å². The van der Waals surface area contributed by atoms with E-state index in [1.807, 2.05) is 6.92 Å². The lowest BCUT2D eigenvalue weighted by molar-refractivity contribution is -0.0514. The lowest BCUT2D eigenvalue weighted by atomic mass is 10.2. The van der Waals surface area contributed by atoms with E-state index in [2.05, 4.69) is 15.2 Å². The van der Waals surface area contributed by atoms with Gasteiger partial charge in [0.25, 0.3) is 5.91 Å². The van der Waals surface area contributed by atoms with Crippen molar-refractivity contribution in [2.24, 2.45) is 0 Å². The summed E-state index contributed by atoms with van der Waals surface area (Å²) in [4.78, 5) is 12.3. The number of rotatable bonds is 8. The highest BCUT2D eigenvalue weighted by molar-refractivity contribution is 6.31. The Labute approximate surface area is 148 Å². The SMILES string of the molecule is CCOc1cc(C(=O)NCc2nn(CC)cc2Cl)ccc1OC(F)F. The zero-order valence-corrected chi connectivity index (χ0v) is 14.5. The van der Waals surface area contributed by atoms with E-state index in [1.54, 1.807) is 17.8 Å². The standard InChI is InChI=1S/C16H18ClF2N3O3/c1-3-22-9-11(17)12(21-22)8-20-15(23)10-5-6-13(25-16(18)19)14(7-10)24-4-2/h5-7,9,16H,3-4,8H2,1-2H3,(H,20,23). The molecule has 136 valence electrons. The number of nitrogens with one attached hydrogen (secondary N) is 1. The molecule has 1 N–H and O–H groups in total. The molecule has 1 aromatic heterocycles. The molecule has 0 atom stereocenters. The van der Waals surface area contributed by atoms with Gasteiger partial charge in [-0.1, -0.05) is 11.6 Å². The number of alkyl halides is 2. The van der Waals surface area contributed by atoms with Gasteiger partial charge in [0.05, 0.1) is 18.2 Å². The first-order valence-electron chi connectivity index (χ1n) is 7.66. The highest BCUT2D eigenvalue weighted by atomic mass is 35.5. The predicted octanol–water partition coefficient (Wildman–Crippen LogP) is 3.49. The van der Waals surface area contributed by atoms with Crippen molar-refractivity contribution in [3.63, 3.8) is 0 Å². The maximum Gasteiger partial charge on any atom is 0.387 e. The van der Waals surface area contributed by atoms with Gasteiger partial charge in [0.2, 0.25) is 0 Å². The molecule has 1 amide bonds. The number of ether oxygens (including phenoxy) is 2. The van der Waals surface area contributed by atoms with Gasteiger partial charge in [0.15, 0.2) is 11.5 Å². The molecule has 0 spiro atoms. The van der Waals surface area contributed by atoms with Gasteiger partial charge in [0, 0.05) is 18.3 Å². The van der Waals surface area contributed by atoms with Crippen LogP contribution in [0.2, 0.25) is 5.02 Å². The molecule has 0 bridgehead atoms. The van der Waals surface area contributed by atoms with E-state index >= 15 is 0 Å². The molecular formula is C16H18ClF2N3O3. The van der Waals surface area contributed by atoms with E-state index in [1.165, 1.54) is 18.2 Å². The van der Waals surface area contributed by atoms with Crippen LogP contribution in [0.4, 0.5) is 8.78 Å². The van der Waals surface area contributed by atoms with Crippen LogP contribution in [0.5, 0.6) is 11.5 Å². The molecule has 0 saturated heterocycles. The Bertz CT molecular complexity index is 737. The maximum absolute atomic E-state index is 12.4. The second kappa shape index (κ2) is 8.66. The van der Waals surface area contributed by atoms with Gasteiger partial charge in [-0.3, -0.25) is 9.48 Å². The van der Waals surface area contributed by atoms with Crippen LogP contribution < -0.4 is 14.8 Å². The van der Waals surface area contributed by atoms with Crippen LogP contribution in [-0.2, 0) is 13.1 Å². The Morgan fingerprint density at radius 3 is 2.72 bits per heavy atom. The summed E-state index contributed by atoms with van der Waals surface area (Å²) in [6, 6.07) is 4.00. The third-order valence-corrected chi connectivity index (χ3v) is 3.57. The van der Waals surface area contributed by atoms with Crippen LogP contribution in [0.3, 0.4) is 0 Å². The fraction of sp³-hybridized carbons (Fsp3) is 0.375. The first kappa shape index (κ1) is 19.0. The van der Waals surface area contributed by atoms with Crippen molar-refractivity contribution in [1.82, 2.24) is 15.1 Å². The molecule has 0 aliphatic heterocycles.